The zero-order valence-corrected chi connectivity index (χ0v) is 11.3. The van der Waals surface area contributed by atoms with Gasteiger partial charge in [0, 0.05) is 19.7 Å². The minimum absolute atomic E-state index is 0.139. The van der Waals surface area contributed by atoms with E-state index in [-0.39, 0.29) is 19.1 Å². The summed E-state index contributed by atoms with van der Waals surface area (Å²) in [4.78, 5) is 6.30. The van der Waals surface area contributed by atoms with Gasteiger partial charge in [-0.15, -0.1) is 0 Å². The van der Waals surface area contributed by atoms with Crippen molar-refractivity contribution in [1.82, 2.24) is 4.90 Å². The quantitative estimate of drug-likeness (QED) is 0.604. The fourth-order valence-corrected chi connectivity index (χ4v) is 2.03. The maximum atomic E-state index is 10.00. The summed E-state index contributed by atoms with van der Waals surface area (Å²) < 4.78 is 5.61. The van der Waals surface area contributed by atoms with Crippen LogP contribution in [0.25, 0.3) is 0 Å². The first-order valence-electron chi connectivity index (χ1n) is 6.51. The molecule has 6 nitrogen and oxygen atoms in total. The highest BCUT2D eigenvalue weighted by Crippen LogP contribution is 2.21. The SMILES string of the molecule is CCN(CC)C1=NC([C@@H](O)C(O)CCO)C(C)O1. The molecular weight excluding hydrogens is 236 g/mol. The fourth-order valence-electron chi connectivity index (χ4n) is 2.03. The maximum absolute atomic E-state index is 10.00. The molecule has 1 heterocycles. The van der Waals surface area contributed by atoms with Crippen molar-refractivity contribution in [2.75, 3.05) is 19.7 Å². The van der Waals surface area contributed by atoms with Crippen LogP contribution in [-0.2, 0) is 4.74 Å². The first kappa shape index (κ1) is 15.2. The highest BCUT2D eigenvalue weighted by Gasteiger charge is 2.37. The van der Waals surface area contributed by atoms with Gasteiger partial charge in [0.2, 0.25) is 0 Å². The normalized spacial score (nSPS) is 26.4. The van der Waals surface area contributed by atoms with Crippen molar-refractivity contribution in [3.63, 3.8) is 0 Å². The van der Waals surface area contributed by atoms with Crippen LogP contribution >= 0.6 is 0 Å². The Morgan fingerprint density at radius 2 is 1.94 bits per heavy atom. The smallest absolute Gasteiger partial charge is 0.288 e. The van der Waals surface area contributed by atoms with Gasteiger partial charge in [-0.25, -0.2) is 4.99 Å². The molecule has 0 aromatic rings. The molecule has 0 saturated heterocycles. The molecule has 1 rings (SSSR count). The molecule has 0 saturated carbocycles. The second-order valence-electron chi connectivity index (χ2n) is 4.47. The molecule has 3 N–H and O–H groups in total. The number of nitrogens with zero attached hydrogens (tertiary/aromatic N) is 2. The van der Waals surface area contributed by atoms with Crippen LogP contribution in [-0.4, -0.2) is 70.3 Å². The second-order valence-corrected chi connectivity index (χ2v) is 4.47. The van der Waals surface area contributed by atoms with E-state index in [9.17, 15) is 10.2 Å². The molecule has 3 unspecified atom stereocenters. The minimum Gasteiger partial charge on any atom is -0.460 e. The van der Waals surface area contributed by atoms with Crippen LogP contribution in [0, 0.1) is 0 Å². The van der Waals surface area contributed by atoms with Crippen LogP contribution < -0.4 is 0 Å². The number of rotatable bonds is 6. The van der Waals surface area contributed by atoms with E-state index in [0.29, 0.717) is 6.02 Å². The highest BCUT2D eigenvalue weighted by molar-refractivity contribution is 5.75. The zero-order chi connectivity index (χ0) is 13.7. The lowest BCUT2D eigenvalue weighted by Gasteiger charge is -2.23. The van der Waals surface area contributed by atoms with Gasteiger partial charge in [-0.05, 0) is 27.2 Å². The van der Waals surface area contributed by atoms with Crippen molar-refractivity contribution >= 4 is 6.02 Å². The largest absolute Gasteiger partial charge is 0.460 e. The summed E-state index contributed by atoms with van der Waals surface area (Å²) in [6, 6.07) is 0.0369. The van der Waals surface area contributed by atoms with E-state index in [4.69, 9.17) is 9.84 Å². The molecule has 0 amide bonds. The van der Waals surface area contributed by atoms with Crippen molar-refractivity contribution in [2.24, 2.45) is 4.99 Å². The van der Waals surface area contributed by atoms with E-state index in [1.54, 1.807) is 0 Å². The van der Waals surface area contributed by atoms with Crippen LogP contribution in [0.15, 0.2) is 4.99 Å². The Hall–Kier alpha value is -0.850. The number of ether oxygens (including phenoxy) is 1. The van der Waals surface area contributed by atoms with Gasteiger partial charge in [-0.1, -0.05) is 0 Å². The molecule has 0 aromatic heterocycles. The Morgan fingerprint density at radius 3 is 2.44 bits per heavy atom. The molecule has 106 valence electrons. The van der Waals surface area contributed by atoms with Crippen molar-refractivity contribution in [3.05, 3.63) is 0 Å². The Kier molecular flexibility index (Phi) is 5.84. The third kappa shape index (κ3) is 3.34. The van der Waals surface area contributed by atoms with Crippen LogP contribution in [0.3, 0.4) is 0 Å². The summed E-state index contributed by atoms with van der Waals surface area (Å²) >= 11 is 0. The third-order valence-corrected chi connectivity index (χ3v) is 3.23. The lowest BCUT2D eigenvalue weighted by Crippen LogP contribution is -2.41. The lowest BCUT2D eigenvalue weighted by molar-refractivity contribution is -0.0226. The van der Waals surface area contributed by atoms with Gasteiger partial charge in [0.05, 0.1) is 6.10 Å². The Balaban J connectivity index is 2.71. The monoisotopic (exact) mass is 260 g/mol. The number of aliphatic hydroxyl groups is 3. The zero-order valence-electron chi connectivity index (χ0n) is 11.3. The molecule has 4 atom stereocenters. The summed E-state index contributed by atoms with van der Waals surface area (Å²) in [5.41, 5.74) is 0. The number of amidine groups is 1. The number of aliphatic imine (C=N–C) groups is 1. The number of hydrogen-bond acceptors (Lipinski definition) is 6. The molecule has 1 aliphatic heterocycles. The predicted molar refractivity (Wildman–Crippen MR) is 68.4 cm³/mol. The first-order chi connectivity index (χ1) is 8.54. The maximum Gasteiger partial charge on any atom is 0.288 e. The van der Waals surface area contributed by atoms with Gasteiger partial charge in [0.25, 0.3) is 6.02 Å². The van der Waals surface area contributed by atoms with Crippen molar-refractivity contribution < 1.29 is 20.1 Å². The average Bonchev–Trinajstić information content (AvgIpc) is 2.72. The molecular formula is C12H24N2O4. The standard InChI is InChI=1S/C12H24N2O4/c1-4-14(5-2)12-13-10(8(3)18-12)11(17)9(16)6-7-15/h8-11,15-17H,4-7H2,1-3H3/t8?,9?,10?,11-/m0/s1. The second kappa shape index (κ2) is 6.92. The molecule has 18 heavy (non-hydrogen) atoms. The topological polar surface area (TPSA) is 85.5 Å². The van der Waals surface area contributed by atoms with E-state index in [2.05, 4.69) is 4.99 Å². The summed E-state index contributed by atoms with van der Waals surface area (Å²) in [7, 11) is 0. The highest BCUT2D eigenvalue weighted by atomic mass is 16.5. The predicted octanol–water partition coefficient (Wildman–Crippen LogP) is -0.424. The van der Waals surface area contributed by atoms with Crippen LogP contribution in [0.2, 0.25) is 0 Å². The van der Waals surface area contributed by atoms with Gasteiger partial charge in [0.15, 0.2) is 0 Å². The Morgan fingerprint density at radius 1 is 1.33 bits per heavy atom. The van der Waals surface area contributed by atoms with Crippen LogP contribution in [0.4, 0.5) is 0 Å². The molecule has 0 bridgehead atoms. The molecule has 1 aliphatic rings. The van der Waals surface area contributed by atoms with Crippen molar-refractivity contribution in [2.45, 2.75) is 51.5 Å². The molecule has 0 fully saturated rings. The molecule has 0 aliphatic carbocycles. The Bertz CT molecular complexity index is 281. The van der Waals surface area contributed by atoms with E-state index in [1.807, 2.05) is 25.7 Å². The summed E-state index contributed by atoms with van der Waals surface area (Å²) in [5, 5.41) is 28.4. The molecule has 0 radical (unpaired) electrons. The average molecular weight is 260 g/mol. The van der Waals surface area contributed by atoms with Gasteiger partial charge in [0.1, 0.15) is 18.2 Å². The van der Waals surface area contributed by atoms with Gasteiger partial charge >= 0.3 is 0 Å². The first-order valence-corrected chi connectivity index (χ1v) is 6.51. The third-order valence-electron chi connectivity index (χ3n) is 3.23. The summed E-state index contributed by atoms with van der Waals surface area (Å²) in [6.07, 6.45) is -2.13. The van der Waals surface area contributed by atoms with Crippen LogP contribution in [0.5, 0.6) is 0 Å². The number of aliphatic hydroxyl groups excluding tert-OH is 3. The van der Waals surface area contributed by atoms with E-state index in [1.165, 1.54) is 0 Å². The number of hydrogen-bond donors (Lipinski definition) is 3. The van der Waals surface area contributed by atoms with Crippen LogP contribution in [0.1, 0.15) is 27.2 Å². The molecule has 0 aromatic carbocycles. The molecule has 6 heteroatoms. The summed E-state index contributed by atoms with van der Waals surface area (Å²) in [6.45, 7) is 7.23. The van der Waals surface area contributed by atoms with E-state index >= 15 is 0 Å². The van der Waals surface area contributed by atoms with Gasteiger partial charge in [-0.2, -0.15) is 0 Å². The van der Waals surface area contributed by atoms with E-state index < -0.39 is 18.2 Å². The van der Waals surface area contributed by atoms with Crippen molar-refractivity contribution in [3.8, 4) is 0 Å². The fraction of sp³-hybridized carbons (Fsp3) is 0.917. The summed E-state index contributed by atoms with van der Waals surface area (Å²) in [5.74, 6) is 0. The van der Waals surface area contributed by atoms with Gasteiger partial charge in [-0.3, -0.25) is 0 Å². The Labute approximate surface area is 108 Å². The molecule has 0 spiro atoms. The van der Waals surface area contributed by atoms with Gasteiger partial charge < -0.3 is 25.0 Å². The lowest BCUT2D eigenvalue weighted by atomic mass is 10.0. The minimum atomic E-state index is -1.01. The van der Waals surface area contributed by atoms with Crippen molar-refractivity contribution in [1.29, 1.82) is 0 Å². The van der Waals surface area contributed by atoms with E-state index in [0.717, 1.165) is 13.1 Å².